The molecule has 3 nitrogen and oxygen atoms in total. The molecule has 30 heavy (non-hydrogen) atoms. The van der Waals surface area contributed by atoms with Crippen LogP contribution < -0.4 is 4.90 Å². The van der Waals surface area contributed by atoms with Crippen LogP contribution >= 0.6 is 0 Å². The lowest BCUT2D eigenvalue weighted by atomic mass is 9.91. The van der Waals surface area contributed by atoms with E-state index in [1.54, 1.807) is 0 Å². The molecule has 0 radical (unpaired) electrons. The van der Waals surface area contributed by atoms with Crippen LogP contribution in [0.3, 0.4) is 0 Å². The molecule has 0 bridgehead atoms. The van der Waals surface area contributed by atoms with E-state index in [9.17, 15) is 0 Å². The predicted octanol–water partition coefficient (Wildman–Crippen LogP) is 4.58. The van der Waals surface area contributed by atoms with E-state index < -0.39 is 0 Å². The molecule has 1 fully saturated rings. The van der Waals surface area contributed by atoms with Gasteiger partial charge in [0.2, 0.25) is 0 Å². The van der Waals surface area contributed by atoms with Gasteiger partial charge in [-0.25, -0.2) is 0 Å². The van der Waals surface area contributed by atoms with Crippen molar-refractivity contribution in [1.82, 2.24) is 9.80 Å². The first kappa shape index (κ1) is 19.3. The van der Waals surface area contributed by atoms with Crippen molar-refractivity contribution in [3.8, 4) is 0 Å². The summed E-state index contributed by atoms with van der Waals surface area (Å²) in [6, 6.07) is 29.9. The van der Waals surface area contributed by atoms with Gasteiger partial charge in [0.1, 0.15) is 0 Å². The van der Waals surface area contributed by atoms with Crippen molar-refractivity contribution in [2.75, 3.05) is 38.6 Å². The summed E-state index contributed by atoms with van der Waals surface area (Å²) in [7, 11) is 4.24. The number of hydrogen-bond acceptors (Lipinski definition) is 3. The van der Waals surface area contributed by atoms with Crippen molar-refractivity contribution in [3.05, 3.63) is 101 Å². The molecule has 2 aliphatic heterocycles. The molecule has 1 saturated heterocycles. The Kier molecular flexibility index (Phi) is 5.32. The number of benzene rings is 3. The lowest BCUT2D eigenvalue weighted by molar-refractivity contribution is 0.00728. The second-order valence-corrected chi connectivity index (χ2v) is 8.90. The van der Waals surface area contributed by atoms with Gasteiger partial charge in [0, 0.05) is 52.0 Å². The first-order valence-electron chi connectivity index (χ1n) is 11.1. The lowest BCUT2D eigenvalue weighted by Crippen LogP contribution is -2.60. The Morgan fingerprint density at radius 1 is 0.800 bits per heavy atom. The van der Waals surface area contributed by atoms with Gasteiger partial charge in [-0.3, -0.25) is 9.80 Å². The second kappa shape index (κ2) is 8.25. The molecular formula is C27H31N3. The fraction of sp³-hybridized carbons (Fsp3) is 0.333. The minimum Gasteiger partial charge on any atom is -0.378 e. The number of nitrogens with zero attached hydrogens (tertiary/aromatic N) is 3. The van der Waals surface area contributed by atoms with Crippen LogP contribution in [0.2, 0.25) is 0 Å². The van der Waals surface area contributed by atoms with Crippen molar-refractivity contribution in [1.29, 1.82) is 0 Å². The number of likely N-dealkylation sites (tertiary alicyclic amines) is 1. The highest BCUT2D eigenvalue weighted by molar-refractivity contribution is 5.50. The van der Waals surface area contributed by atoms with E-state index in [1.807, 2.05) is 0 Å². The van der Waals surface area contributed by atoms with Crippen molar-refractivity contribution < 1.29 is 0 Å². The molecule has 0 atom stereocenters. The van der Waals surface area contributed by atoms with Crippen LogP contribution in [0, 0.1) is 0 Å². The molecule has 0 N–H and O–H groups in total. The van der Waals surface area contributed by atoms with Gasteiger partial charge >= 0.3 is 0 Å². The summed E-state index contributed by atoms with van der Waals surface area (Å²) in [6.45, 7) is 4.53. The van der Waals surface area contributed by atoms with E-state index >= 15 is 0 Å². The third-order valence-corrected chi connectivity index (χ3v) is 6.75. The van der Waals surface area contributed by atoms with Gasteiger partial charge in [0.15, 0.2) is 0 Å². The van der Waals surface area contributed by atoms with Gasteiger partial charge in [-0.2, -0.15) is 0 Å². The molecule has 0 aromatic heterocycles. The van der Waals surface area contributed by atoms with Gasteiger partial charge < -0.3 is 4.90 Å². The zero-order valence-electron chi connectivity index (χ0n) is 18.0. The monoisotopic (exact) mass is 397 g/mol. The Bertz CT molecular complexity index is 938. The van der Waals surface area contributed by atoms with Gasteiger partial charge in [-0.05, 0) is 40.8 Å². The van der Waals surface area contributed by atoms with Crippen molar-refractivity contribution in [2.45, 2.75) is 25.0 Å². The van der Waals surface area contributed by atoms with Crippen LogP contribution in [-0.4, -0.2) is 49.6 Å². The van der Waals surface area contributed by atoms with Crippen LogP contribution in [-0.2, 0) is 13.0 Å². The summed E-state index contributed by atoms with van der Waals surface area (Å²) in [4.78, 5) is 7.53. The van der Waals surface area contributed by atoms with Crippen LogP contribution in [0.4, 0.5) is 5.69 Å². The van der Waals surface area contributed by atoms with E-state index in [-0.39, 0.29) is 0 Å². The topological polar surface area (TPSA) is 9.72 Å². The van der Waals surface area contributed by atoms with Gasteiger partial charge in [-0.1, -0.05) is 66.7 Å². The van der Waals surface area contributed by atoms with Crippen LogP contribution in [0.15, 0.2) is 78.9 Å². The van der Waals surface area contributed by atoms with E-state index in [0.717, 1.165) is 26.1 Å². The summed E-state index contributed by atoms with van der Waals surface area (Å²) in [5.74, 6) is 0. The smallest absolute Gasteiger partial charge is 0.0602 e. The Hall–Kier alpha value is -2.62. The average Bonchev–Trinajstić information content (AvgIpc) is 2.76. The van der Waals surface area contributed by atoms with Gasteiger partial charge in [0.05, 0.1) is 6.04 Å². The Balaban J connectivity index is 1.29. The molecule has 154 valence electrons. The van der Waals surface area contributed by atoms with Gasteiger partial charge in [-0.15, -0.1) is 0 Å². The first-order valence-corrected chi connectivity index (χ1v) is 11.1. The maximum atomic E-state index is 2.70. The van der Waals surface area contributed by atoms with Crippen LogP contribution in [0.1, 0.15) is 28.3 Å². The summed E-state index contributed by atoms with van der Waals surface area (Å²) >= 11 is 0. The molecule has 3 aromatic carbocycles. The Morgan fingerprint density at radius 3 is 2.03 bits per heavy atom. The van der Waals surface area contributed by atoms with Crippen LogP contribution in [0.5, 0.6) is 0 Å². The number of fused-ring (bicyclic) bond motifs is 1. The summed E-state index contributed by atoms with van der Waals surface area (Å²) < 4.78 is 0. The molecule has 0 unspecified atom stereocenters. The molecule has 5 rings (SSSR count). The fourth-order valence-corrected chi connectivity index (χ4v) is 4.97. The maximum absolute atomic E-state index is 2.70. The highest BCUT2D eigenvalue weighted by Gasteiger charge is 2.38. The molecule has 0 saturated carbocycles. The van der Waals surface area contributed by atoms with Crippen molar-refractivity contribution >= 4 is 5.69 Å². The van der Waals surface area contributed by atoms with E-state index in [0.29, 0.717) is 12.1 Å². The Morgan fingerprint density at radius 2 is 1.43 bits per heavy atom. The molecule has 0 amide bonds. The second-order valence-electron chi connectivity index (χ2n) is 8.90. The summed E-state index contributed by atoms with van der Waals surface area (Å²) in [5.41, 5.74) is 7.13. The van der Waals surface area contributed by atoms with E-state index in [4.69, 9.17) is 0 Å². The molecule has 2 heterocycles. The summed E-state index contributed by atoms with van der Waals surface area (Å²) in [6.07, 6.45) is 1.16. The number of anilines is 1. The molecule has 0 aliphatic carbocycles. The fourth-order valence-electron chi connectivity index (χ4n) is 4.97. The molecule has 3 aromatic rings. The average molecular weight is 398 g/mol. The minimum absolute atomic E-state index is 0.350. The molecule has 2 aliphatic rings. The highest BCUT2D eigenvalue weighted by atomic mass is 15.3. The van der Waals surface area contributed by atoms with E-state index in [1.165, 1.54) is 34.5 Å². The quantitative estimate of drug-likeness (QED) is 0.624. The highest BCUT2D eigenvalue weighted by Crippen LogP contribution is 2.35. The van der Waals surface area contributed by atoms with E-state index in [2.05, 4.69) is 108 Å². The zero-order chi connectivity index (χ0) is 20.5. The molecular weight excluding hydrogens is 366 g/mol. The van der Waals surface area contributed by atoms with Crippen molar-refractivity contribution in [2.24, 2.45) is 0 Å². The van der Waals surface area contributed by atoms with Crippen LogP contribution in [0.25, 0.3) is 0 Å². The minimum atomic E-state index is 0.350. The standard InChI is InChI=1S/C27H31N3/c1-28(2)25-14-13-24-18-29(16-15-23(24)17-25)26-19-30(20-26)27(21-9-5-3-6-10-21)22-11-7-4-8-12-22/h3-14,17,26-27H,15-16,18-20H2,1-2H3. The first-order chi connectivity index (χ1) is 14.7. The predicted molar refractivity (Wildman–Crippen MR) is 125 cm³/mol. The summed E-state index contributed by atoms with van der Waals surface area (Å²) in [5, 5.41) is 0. The third-order valence-electron chi connectivity index (χ3n) is 6.75. The Labute approximate surface area is 180 Å². The van der Waals surface area contributed by atoms with Crippen molar-refractivity contribution in [3.63, 3.8) is 0 Å². The zero-order valence-corrected chi connectivity index (χ0v) is 18.0. The SMILES string of the molecule is CN(C)c1ccc2c(c1)CCN(C1CN(C(c3ccccc3)c3ccccc3)C1)C2. The molecule has 0 spiro atoms. The number of hydrogen-bond donors (Lipinski definition) is 0. The molecule has 3 heteroatoms. The number of rotatable bonds is 5. The third kappa shape index (κ3) is 3.76. The largest absolute Gasteiger partial charge is 0.378 e. The lowest BCUT2D eigenvalue weighted by Gasteiger charge is -2.50. The van der Waals surface area contributed by atoms with Gasteiger partial charge in [0.25, 0.3) is 0 Å². The normalized spacial score (nSPS) is 17.6. The maximum Gasteiger partial charge on any atom is 0.0602 e.